The molecule has 2 aliphatic rings. The number of fused-ring (bicyclic) bond motifs is 5. The van der Waals surface area contributed by atoms with Crippen LogP contribution in [0.2, 0.25) is 0 Å². The number of carboxylic acids is 1. The Kier molecular flexibility index (Phi) is 4.24. The number of carboxylic acid groups (broad SMARTS) is 1. The van der Waals surface area contributed by atoms with Gasteiger partial charge in [0.1, 0.15) is 6.04 Å². The van der Waals surface area contributed by atoms with Crippen LogP contribution in [0.1, 0.15) is 34.9 Å². The number of nitrogens with one attached hydrogen (secondary N) is 1. The quantitative estimate of drug-likeness (QED) is 0.769. The van der Waals surface area contributed by atoms with E-state index in [0.717, 1.165) is 12.0 Å². The van der Waals surface area contributed by atoms with Crippen LogP contribution in [0.3, 0.4) is 0 Å². The lowest BCUT2D eigenvalue weighted by Gasteiger charge is -2.30. The molecule has 2 aliphatic carbocycles. The van der Waals surface area contributed by atoms with Gasteiger partial charge < -0.3 is 16.2 Å². The van der Waals surface area contributed by atoms with Gasteiger partial charge in [-0.1, -0.05) is 54.6 Å². The van der Waals surface area contributed by atoms with Crippen molar-refractivity contribution < 1.29 is 14.7 Å². The van der Waals surface area contributed by atoms with Crippen LogP contribution in [-0.4, -0.2) is 29.1 Å². The summed E-state index contributed by atoms with van der Waals surface area (Å²) in [5.41, 5.74) is 9.69. The van der Waals surface area contributed by atoms with Crippen molar-refractivity contribution in [3.63, 3.8) is 0 Å². The fraction of sp³-hybridized carbons (Fsp3) is 0.333. The first-order valence-electron chi connectivity index (χ1n) is 8.97. The molecule has 5 nitrogen and oxygen atoms in total. The monoisotopic (exact) mass is 350 g/mol. The summed E-state index contributed by atoms with van der Waals surface area (Å²) in [6.45, 7) is 0. The van der Waals surface area contributed by atoms with E-state index in [1.807, 2.05) is 42.5 Å². The standard InChI is InChI=1S/C21H22N2O3/c22-19-16-11-15(13-8-4-5-9-14(13)16)18(19)20(24)23-17(21(25)26)10-12-6-2-1-3-7-12/h1-9,15-19H,10-11,22H2,(H,23,24)(H,25,26)/t15-,16+,17-,18+,19-/m0/s1. The Labute approximate surface area is 152 Å². The first-order valence-corrected chi connectivity index (χ1v) is 8.97. The predicted octanol–water partition coefficient (Wildman–Crippen LogP) is 2.03. The average molecular weight is 350 g/mol. The molecule has 5 heteroatoms. The molecule has 4 N–H and O–H groups in total. The largest absolute Gasteiger partial charge is 0.480 e. The van der Waals surface area contributed by atoms with E-state index < -0.39 is 12.0 Å². The van der Waals surface area contributed by atoms with Crippen molar-refractivity contribution in [3.8, 4) is 0 Å². The van der Waals surface area contributed by atoms with Crippen molar-refractivity contribution in [2.24, 2.45) is 11.7 Å². The smallest absolute Gasteiger partial charge is 0.326 e. The van der Waals surface area contributed by atoms with Crippen LogP contribution in [0.25, 0.3) is 0 Å². The zero-order chi connectivity index (χ0) is 18.3. The zero-order valence-electron chi connectivity index (χ0n) is 14.3. The van der Waals surface area contributed by atoms with E-state index in [9.17, 15) is 14.7 Å². The summed E-state index contributed by atoms with van der Waals surface area (Å²) in [7, 11) is 0. The molecule has 26 heavy (non-hydrogen) atoms. The summed E-state index contributed by atoms with van der Waals surface area (Å²) in [4.78, 5) is 24.6. The molecule has 4 rings (SSSR count). The van der Waals surface area contributed by atoms with Crippen LogP contribution in [0.15, 0.2) is 54.6 Å². The van der Waals surface area contributed by atoms with Crippen LogP contribution in [-0.2, 0) is 16.0 Å². The maximum atomic E-state index is 12.9. The molecule has 2 aromatic carbocycles. The lowest BCUT2D eigenvalue weighted by atomic mass is 9.80. The maximum Gasteiger partial charge on any atom is 0.326 e. The van der Waals surface area contributed by atoms with Gasteiger partial charge in [-0.05, 0) is 29.0 Å². The van der Waals surface area contributed by atoms with E-state index in [1.165, 1.54) is 11.1 Å². The topological polar surface area (TPSA) is 92.4 Å². The number of benzene rings is 2. The number of hydrogen-bond donors (Lipinski definition) is 3. The second-order valence-electron chi connectivity index (χ2n) is 7.27. The van der Waals surface area contributed by atoms with Gasteiger partial charge in [-0.15, -0.1) is 0 Å². The highest BCUT2D eigenvalue weighted by Crippen LogP contribution is 2.55. The number of nitrogens with two attached hydrogens (primary N) is 1. The van der Waals surface area contributed by atoms with Gasteiger partial charge >= 0.3 is 5.97 Å². The summed E-state index contributed by atoms with van der Waals surface area (Å²) in [6, 6.07) is 16.2. The molecule has 2 bridgehead atoms. The molecule has 0 aliphatic heterocycles. The molecule has 0 spiro atoms. The van der Waals surface area contributed by atoms with Crippen molar-refractivity contribution in [2.45, 2.75) is 36.8 Å². The molecule has 1 saturated carbocycles. The van der Waals surface area contributed by atoms with Gasteiger partial charge in [0.2, 0.25) is 5.91 Å². The van der Waals surface area contributed by atoms with Crippen LogP contribution < -0.4 is 11.1 Å². The van der Waals surface area contributed by atoms with Gasteiger partial charge in [0, 0.05) is 18.4 Å². The molecule has 0 heterocycles. The molecular weight excluding hydrogens is 328 g/mol. The highest BCUT2D eigenvalue weighted by atomic mass is 16.4. The average Bonchev–Trinajstić information content (AvgIpc) is 3.18. The first-order chi connectivity index (χ1) is 12.6. The van der Waals surface area contributed by atoms with Gasteiger partial charge in [0.25, 0.3) is 0 Å². The third-order valence-corrected chi connectivity index (χ3v) is 5.82. The summed E-state index contributed by atoms with van der Waals surface area (Å²) in [5, 5.41) is 12.3. The Hall–Kier alpha value is -2.66. The summed E-state index contributed by atoms with van der Waals surface area (Å²) < 4.78 is 0. The second-order valence-corrected chi connectivity index (χ2v) is 7.27. The maximum absolute atomic E-state index is 12.9. The van der Waals surface area contributed by atoms with Gasteiger partial charge in [0.05, 0.1) is 5.92 Å². The lowest BCUT2D eigenvalue weighted by Crippen LogP contribution is -2.50. The number of hydrogen-bond acceptors (Lipinski definition) is 3. The van der Waals surface area contributed by atoms with Gasteiger partial charge in [-0.3, -0.25) is 4.79 Å². The summed E-state index contributed by atoms with van der Waals surface area (Å²) in [6.07, 6.45) is 1.13. The molecule has 0 aromatic heterocycles. The van der Waals surface area contributed by atoms with Crippen molar-refractivity contribution in [1.82, 2.24) is 5.32 Å². The number of aliphatic carboxylic acids is 1. The van der Waals surface area contributed by atoms with Crippen LogP contribution in [0.5, 0.6) is 0 Å². The highest BCUT2D eigenvalue weighted by Gasteiger charge is 2.52. The minimum absolute atomic E-state index is 0.0809. The van der Waals surface area contributed by atoms with E-state index in [1.54, 1.807) is 0 Å². The van der Waals surface area contributed by atoms with Crippen LogP contribution >= 0.6 is 0 Å². The summed E-state index contributed by atoms with van der Waals surface area (Å²) in [5.74, 6) is -1.38. The Morgan fingerprint density at radius 1 is 1.04 bits per heavy atom. The minimum Gasteiger partial charge on any atom is -0.480 e. The number of amides is 1. The Bertz CT molecular complexity index is 836. The predicted molar refractivity (Wildman–Crippen MR) is 97.7 cm³/mol. The number of carbonyl (C=O) groups is 2. The lowest BCUT2D eigenvalue weighted by molar-refractivity contribution is -0.142. The fourth-order valence-corrected chi connectivity index (χ4v) is 4.61. The highest BCUT2D eigenvalue weighted by molar-refractivity contribution is 5.87. The van der Waals surface area contributed by atoms with Gasteiger partial charge in [0.15, 0.2) is 0 Å². The zero-order valence-corrected chi connectivity index (χ0v) is 14.3. The molecule has 134 valence electrons. The number of rotatable bonds is 5. The normalized spacial score (nSPS) is 27.0. The molecule has 2 aromatic rings. The molecule has 1 amide bonds. The van der Waals surface area contributed by atoms with Crippen molar-refractivity contribution in [3.05, 3.63) is 71.3 Å². The molecule has 0 radical (unpaired) electrons. The fourth-order valence-electron chi connectivity index (χ4n) is 4.61. The van der Waals surface area contributed by atoms with Crippen molar-refractivity contribution in [2.75, 3.05) is 0 Å². The van der Waals surface area contributed by atoms with Crippen molar-refractivity contribution >= 4 is 11.9 Å². The van der Waals surface area contributed by atoms with Crippen LogP contribution in [0.4, 0.5) is 0 Å². The van der Waals surface area contributed by atoms with E-state index >= 15 is 0 Å². The Balaban J connectivity index is 1.52. The van der Waals surface area contributed by atoms with E-state index in [2.05, 4.69) is 17.4 Å². The Morgan fingerprint density at radius 3 is 2.31 bits per heavy atom. The van der Waals surface area contributed by atoms with E-state index in [-0.39, 0.29) is 36.1 Å². The number of carbonyl (C=O) groups excluding carboxylic acids is 1. The Morgan fingerprint density at radius 2 is 1.65 bits per heavy atom. The van der Waals surface area contributed by atoms with Crippen LogP contribution in [0, 0.1) is 5.92 Å². The summed E-state index contributed by atoms with van der Waals surface area (Å²) >= 11 is 0. The second kappa shape index (κ2) is 6.57. The molecular formula is C21H22N2O3. The minimum atomic E-state index is -1.03. The van der Waals surface area contributed by atoms with Gasteiger partial charge in [-0.25, -0.2) is 4.79 Å². The van der Waals surface area contributed by atoms with E-state index in [0.29, 0.717) is 0 Å². The molecule has 5 atom stereocenters. The third-order valence-electron chi connectivity index (χ3n) is 5.82. The van der Waals surface area contributed by atoms with Gasteiger partial charge in [-0.2, -0.15) is 0 Å². The third kappa shape index (κ3) is 2.78. The SMILES string of the molecule is N[C@@H]1[C@H](C(=O)N[C@@H](Cc2ccccc2)C(=O)O)[C@H]2C[C@@H]1c1ccccc12. The molecule has 0 unspecified atom stereocenters. The van der Waals surface area contributed by atoms with E-state index in [4.69, 9.17) is 5.73 Å². The first kappa shape index (κ1) is 16.8. The van der Waals surface area contributed by atoms with Crippen molar-refractivity contribution in [1.29, 1.82) is 0 Å². The molecule has 0 saturated heterocycles. The molecule has 1 fully saturated rings.